The first-order chi connectivity index (χ1) is 20.1. The van der Waals surface area contributed by atoms with E-state index in [1.54, 1.807) is 29.8 Å². The number of carboxylic acids is 1. The highest BCUT2D eigenvalue weighted by atomic mass is 32.1. The number of nitrogens with zero attached hydrogens (tertiary/aromatic N) is 3. The first-order valence-electron chi connectivity index (χ1n) is 14.6. The molecule has 0 bridgehead atoms. The van der Waals surface area contributed by atoms with E-state index in [4.69, 9.17) is 5.11 Å². The topological polar surface area (TPSA) is 95.8 Å². The van der Waals surface area contributed by atoms with E-state index in [1.807, 2.05) is 52.7 Å². The molecule has 216 valence electrons. The van der Waals surface area contributed by atoms with E-state index in [0.717, 1.165) is 35.0 Å². The molecule has 0 amide bonds. The van der Waals surface area contributed by atoms with Gasteiger partial charge in [0.2, 0.25) is 0 Å². The third kappa shape index (κ3) is 9.99. The van der Waals surface area contributed by atoms with Crippen molar-refractivity contribution in [3.8, 4) is 10.6 Å². The molecule has 0 aliphatic carbocycles. The number of carboxylic acid groups (broad SMARTS) is 1. The Labute approximate surface area is 246 Å². The van der Waals surface area contributed by atoms with Gasteiger partial charge < -0.3 is 20.0 Å². The SMILES string of the molecule is CCCCCCCCCCNCc1cnc2[nH]ccc2c1.O=C(O)c1ccn(Cc2csc(-c3ccccc3)n2)c1. The fraction of sp³-hybridized carbons (Fsp3) is 0.364. The number of benzene rings is 1. The standard InChI is InChI=1S/C18H29N3.C15H12N2O2S/c1-2-3-4-5-6-7-8-9-11-19-14-16-13-17-10-12-20-18(17)21-15-16;18-15(19)12-6-7-17(8-12)9-13-10-20-14(16-13)11-4-2-1-3-5-11/h10,12-13,15,19H,2-9,11,14H2,1H3,(H,20,21);1-8,10H,9H2,(H,18,19). The molecular formula is C33H41N5O2S. The summed E-state index contributed by atoms with van der Waals surface area (Å²) in [5.74, 6) is -0.910. The molecule has 7 nitrogen and oxygen atoms in total. The summed E-state index contributed by atoms with van der Waals surface area (Å²) in [7, 11) is 0. The Morgan fingerprint density at radius 2 is 1.80 bits per heavy atom. The van der Waals surface area contributed by atoms with E-state index in [-0.39, 0.29) is 0 Å². The molecule has 0 atom stereocenters. The van der Waals surface area contributed by atoms with Gasteiger partial charge in [-0.1, -0.05) is 82.2 Å². The number of fused-ring (bicyclic) bond motifs is 1. The second-order valence-electron chi connectivity index (χ2n) is 10.3. The molecule has 3 N–H and O–H groups in total. The van der Waals surface area contributed by atoms with Gasteiger partial charge in [-0.3, -0.25) is 0 Å². The number of pyridine rings is 1. The monoisotopic (exact) mass is 571 g/mol. The average Bonchev–Trinajstić information content (AvgIpc) is 3.76. The van der Waals surface area contributed by atoms with Crippen molar-refractivity contribution in [3.05, 3.63) is 95.5 Å². The largest absolute Gasteiger partial charge is 0.478 e. The fourth-order valence-electron chi connectivity index (χ4n) is 4.64. The van der Waals surface area contributed by atoms with E-state index in [0.29, 0.717) is 12.1 Å². The van der Waals surface area contributed by atoms with Crippen LogP contribution < -0.4 is 5.32 Å². The summed E-state index contributed by atoms with van der Waals surface area (Å²) in [4.78, 5) is 22.9. The minimum absolute atomic E-state index is 0.295. The Morgan fingerprint density at radius 3 is 2.56 bits per heavy atom. The second kappa shape index (κ2) is 16.5. The summed E-state index contributed by atoms with van der Waals surface area (Å²) >= 11 is 1.59. The molecule has 0 saturated carbocycles. The lowest BCUT2D eigenvalue weighted by molar-refractivity contribution is 0.0697. The van der Waals surface area contributed by atoms with Crippen LogP contribution in [0.4, 0.5) is 0 Å². The van der Waals surface area contributed by atoms with Crippen LogP contribution in [0.15, 0.2) is 78.7 Å². The van der Waals surface area contributed by atoms with E-state index >= 15 is 0 Å². The molecule has 0 unspecified atom stereocenters. The minimum Gasteiger partial charge on any atom is -0.478 e. The molecule has 0 fully saturated rings. The number of aromatic carboxylic acids is 1. The van der Waals surface area contributed by atoms with Crippen molar-refractivity contribution in [2.45, 2.75) is 71.4 Å². The predicted molar refractivity (Wildman–Crippen MR) is 168 cm³/mol. The summed E-state index contributed by atoms with van der Waals surface area (Å²) in [6.07, 6.45) is 18.3. The van der Waals surface area contributed by atoms with Crippen molar-refractivity contribution in [1.82, 2.24) is 24.8 Å². The van der Waals surface area contributed by atoms with Crippen LogP contribution in [0.2, 0.25) is 0 Å². The predicted octanol–water partition coefficient (Wildman–Crippen LogP) is 8.15. The lowest BCUT2D eigenvalue weighted by atomic mass is 10.1. The first kappa shape index (κ1) is 30.2. The van der Waals surface area contributed by atoms with Gasteiger partial charge in [0.05, 0.1) is 17.8 Å². The highest BCUT2D eigenvalue weighted by molar-refractivity contribution is 7.13. The third-order valence-corrected chi connectivity index (χ3v) is 7.85. The van der Waals surface area contributed by atoms with Gasteiger partial charge in [-0.25, -0.2) is 14.8 Å². The maximum Gasteiger partial charge on any atom is 0.337 e. The van der Waals surface area contributed by atoms with E-state index in [2.05, 4.69) is 39.3 Å². The molecule has 0 saturated heterocycles. The van der Waals surface area contributed by atoms with E-state index in [9.17, 15) is 4.79 Å². The summed E-state index contributed by atoms with van der Waals surface area (Å²) in [6.45, 7) is 4.89. The molecule has 5 rings (SSSR count). The molecule has 5 aromatic rings. The van der Waals surface area contributed by atoms with Gasteiger partial charge in [0, 0.05) is 47.7 Å². The molecule has 0 aliphatic rings. The molecule has 0 radical (unpaired) electrons. The van der Waals surface area contributed by atoms with Crippen molar-refractivity contribution in [1.29, 1.82) is 0 Å². The second-order valence-corrected chi connectivity index (χ2v) is 11.2. The van der Waals surface area contributed by atoms with Crippen LogP contribution in [-0.4, -0.2) is 37.1 Å². The van der Waals surface area contributed by atoms with Crippen molar-refractivity contribution in [3.63, 3.8) is 0 Å². The zero-order valence-electron chi connectivity index (χ0n) is 23.9. The number of hydrogen-bond donors (Lipinski definition) is 3. The van der Waals surface area contributed by atoms with Crippen LogP contribution in [0.25, 0.3) is 21.6 Å². The number of rotatable bonds is 15. The smallest absolute Gasteiger partial charge is 0.337 e. The number of hydrogen-bond acceptors (Lipinski definition) is 5. The Kier molecular flexibility index (Phi) is 12.2. The number of aromatic nitrogens is 4. The molecule has 0 aliphatic heterocycles. The normalized spacial score (nSPS) is 11.0. The molecule has 8 heteroatoms. The summed E-state index contributed by atoms with van der Waals surface area (Å²) in [5, 5.41) is 16.6. The molecule has 0 spiro atoms. The molecule has 4 aromatic heterocycles. The van der Waals surface area contributed by atoms with Gasteiger partial charge in [0.1, 0.15) is 10.7 Å². The van der Waals surface area contributed by atoms with Crippen molar-refractivity contribution in [2.24, 2.45) is 0 Å². The van der Waals surface area contributed by atoms with E-state index < -0.39 is 5.97 Å². The molecular weight excluding hydrogens is 530 g/mol. The van der Waals surface area contributed by atoms with Crippen LogP contribution in [-0.2, 0) is 13.1 Å². The summed E-state index contributed by atoms with van der Waals surface area (Å²) in [6, 6.07) is 15.9. The lowest BCUT2D eigenvalue weighted by Crippen LogP contribution is -2.14. The Hall–Kier alpha value is -3.75. The van der Waals surface area contributed by atoms with Crippen molar-refractivity contribution >= 4 is 28.3 Å². The minimum atomic E-state index is -0.910. The van der Waals surface area contributed by atoms with Crippen LogP contribution in [0.5, 0.6) is 0 Å². The fourth-order valence-corrected chi connectivity index (χ4v) is 5.46. The Morgan fingerprint density at radius 1 is 1.02 bits per heavy atom. The number of carbonyl (C=O) groups is 1. The number of unbranched alkanes of at least 4 members (excludes halogenated alkanes) is 7. The quantitative estimate of drug-likeness (QED) is 0.110. The first-order valence-corrected chi connectivity index (χ1v) is 15.5. The Balaban J connectivity index is 0.000000189. The molecule has 1 aromatic carbocycles. The van der Waals surface area contributed by atoms with Gasteiger partial charge in [-0.05, 0) is 36.7 Å². The van der Waals surface area contributed by atoms with Gasteiger partial charge in [-0.2, -0.15) is 0 Å². The van der Waals surface area contributed by atoms with Crippen LogP contribution >= 0.6 is 11.3 Å². The van der Waals surface area contributed by atoms with Gasteiger partial charge in [0.15, 0.2) is 0 Å². The maximum absolute atomic E-state index is 10.8. The number of nitrogens with one attached hydrogen (secondary N) is 2. The number of thiazole rings is 1. The summed E-state index contributed by atoms with van der Waals surface area (Å²) in [5.41, 5.74) is 4.57. The van der Waals surface area contributed by atoms with Crippen molar-refractivity contribution in [2.75, 3.05) is 6.54 Å². The number of H-pyrrole nitrogens is 1. The van der Waals surface area contributed by atoms with Gasteiger partial charge >= 0.3 is 5.97 Å². The third-order valence-electron chi connectivity index (χ3n) is 6.91. The average molecular weight is 572 g/mol. The Bertz CT molecular complexity index is 1460. The highest BCUT2D eigenvalue weighted by Crippen LogP contribution is 2.23. The van der Waals surface area contributed by atoms with Gasteiger partial charge in [0.25, 0.3) is 0 Å². The molecule has 41 heavy (non-hydrogen) atoms. The van der Waals surface area contributed by atoms with E-state index in [1.165, 1.54) is 62.3 Å². The van der Waals surface area contributed by atoms with Crippen LogP contribution in [0.3, 0.4) is 0 Å². The number of aromatic amines is 1. The van der Waals surface area contributed by atoms with Gasteiger partial charge in [-0.15, -0.1) is 11.3 Å². The highest BCUT2D eigenvalue weighted by Gasteiger charge is 2.08. The van der Waals surface area contributed by atoms with Crippen LogP contribution in [0.1, 0.15) is 79.9 Å². The lowest BCUT2D eigenvalue weighted by Gasteiger charge is -2.05. The molecule has 4 heterocycles. The van der Waals surface area contributed by atoms with Crippen LogP contribution in [0, 0.1) is 0 Å². The zero-order chi connectivity index (χ0) is 28.7. The maximum atomic E-state index is 10.8. The summed E-state index contributed by atoms with van der Waals surface area (Å²) < 4.78 is 1.83. The van der Waals surface area contributed by atoms with Crippen molar-refractivity contribution < 1.29 is 9.90 Å². The zero-order valence-corrected chi connectivity index (χ0v) is 24.7.